The van der Waals surface area contributed by atoms with E-state index < -0.39 is 0 Å². The molecule has 0 saturated carbocycles. The molecule has 0 aliphatic carbocycles. The van der Waals surface area contributed by atoms with Crippen molar-refractivity contribution in [1.29, 1.82) is 0 Å². The third-order valence-corrected chi connectivity index (χ3v) is 5.64. The second-order valence-electron chi connectivity index (χ2n) is 7.50. The first-order chi connectivity index (χ1) is 12.5. The van der Waals surface area contributed by atoms with Crippen LogP contribution in [0.15, 0.2) is 24.3 Å². The predicted molar refractivity (Wildman–Crippen MR) is 104 cm³/mol. The minimum Gasteiger partial charge on any atom is -0.372 e. The number of likely N-dealkylation sites (tertiary alicyclic amines) is 1. The zero-order valence-corrected chi connectivity index (χ0v) is 15.6. The fraction of sp³-hybridized carbons (Fsp3) is 0.600. The lowest BCUT2D eigenvalue weighted by molar-refractivity contribution is -0.127. The largest absolute Gasteiger partial charge is 0.372 e. The molecule has 1 aromatic rings. The topological polar surface area (TPSA) is 78.7 Å². The number of amides is 2. The van der Waals surface area contributed by atoms with E-state index in [1.807, 2.05) is 19.1 Å². The van der Waals surface area contributed by atoms with E-state index in [1.54, 1.807) is 0 Å². The minimum absolute atomic E-state index is 0.0409. The van der Waals surface area contributed by atoms with E-state index in [0.717, 1.165) is 38.2 Å². The molecule has 0 aromatic heterocycles. The number of hydrogen-bond acceptors (Lipinski definition) is 4. The van der Waals surface area contributed by atoms with Gasteiger partial charge in [-0.2, -0.15) is 0 Å². The Bertz CT molecular complexity index is 625. The van der Waals surface area contributed by atoms with Crippen LogP contribution in [0.4, 0.5) is 11.4 Å². The number of anilines is 2. The summed E-state index contributed by atoms with van der Waals surface area (Å²) in [5, 5.41) is 3.00. The second-order valence-corrected chi connectivity index (χ2v) is 7.50. The van der Waals surface area contributed by atoms with Gasteiger partial charge in [-0.1, -0.05) is 0 Å². The van der Waals surface area contributed by atoms with Crippen molar-refractivity contribution in [2.45, 2.75) is 45.1 Å². The maximum Gasteiger partial charge on any atom is 0.241 e. The van der Waals surface area contributed by atoms with E-state index >= 15 is 0 Å². The van der Waals surface area contributed by atoms with Crippen LogP contribution >= 0.6 is 0 Å². The van der Waals surface area contributed by atoms with Crippen LogP contribution in [-0.2, 0) is 9.59 Å². The molecule has 2 aliphatic heterocycles. The van der Waals surface area contributed by atoms with E-state index in [-0.39, 0.29) is 23.8 Å². The molecular weight excluding hydrogens is 328 g/mol. The molecule has 2 aliphatic rings. The lowest BCUT2D eigenvalue weighted by Crippen LogP contribution is -2.49. The van der Waals surface area contributed by atoms with Gasteiger partial charge in [-0.3, -0.25) is 14.5 Å². The summed E-state index contributed by atoms with van der Waals surface area (Å²) in [7, 11) is 0. The van der Waals surface area contributed by atoms with E-state index in [1.165, 1.54) is 24.9 Å². The molecule has 2 atom stereocenters. The van der Waals surface area contributed by atoms with Crippen molar-refractivity contribution in [2.75, 3.05) is 36.4 Å². The van der Waals surface area contributed by atoms with Crippen LogP contribution < -0.4 is 16.0 Å². The number of hydrogen-bond donors (Lipinski definition) is 2. The number of nitrogens with two attached hydrogens (primary N) is 1. The Morgan fingerprint density at radius 2 is 1.77 bits per heavy atom. The number of piperidine rings is 2. The Labute approximate surface area is 155 Å². The van der Waals surface area contributed by atoms with E-state index in [4.69, 9.17) is 5.73 Å². The van der Waals surface area contributed by atoms with Crippen molar-refractivity contribution in [1.82, 2.24) is 4.90 Å². The summed E-state index contributed by atoms with van der Waals surface area (Å²) in [5.74, 6) is -0.459. The average Bonchev–Trinajstić information content (AvgIpc) is 2.68. The van der Waals surface area contributed by atoms with Crippen molar-refractivity contribution in [3.05, 3.63) is 24.3 Å². The first-order valence-corrected chi connectivity index (χ1v) is 9.74. The van der Waals surface area contributed by atoms with Gasteiger partial charge in [0.05, 0.1) is 12.0 Å². The highest BCUT2D eigenvalue weighted by atomic mass is 16.2. The highest BCUT2D eigenvalue weighted by Gasteiger charge is 2.29. The number of carbonyl (C=O) groups excluding carboxylic acids is 2. The quantitative estimate of drug-likeness (QED) is 0.846. The van der Waals surface area contributed by atoms with Gasteiger partial charge < -0.3 is 16.0 Å². The molecular formula is C20H30N4O2. The van der Waals surface area contributed by atoms with Gasteiger partial charge >= 0.3 is 0 Å². The van der Waals surface area contributed by atoms with Crippen LogP contribution in [0, 0.1) is 5.92 Å². The molecule has 26 heavy (non-hydrogen) atoms. The molecule has 1 aromatic carbocycles. The number of carbonyl (C=O) groups is 2. The molecule has 142 valence electrons. The van der Waals surface area contributed by atoms with E-state index in [9.17, 15) is 9.59 Å². The van der Waals surface area contributed by atoms with Gasteiger partial charge in [-0.25, -0.2) is 0 Å². The van der Waals surface area contributed by atoms with E-state index in [0.29, 0.717) is 6.54 Å². The van der Waals surface area contributed by atoms with Crippen LogP contribution in [0.3, 0.4) is 0 Å². The van der Waals surface area contributed by atoms with Gasteiger partial charge in [0.25, 0.3) is 0 Å². The van der Waals surface area contributed by atoms with Crippen molar-refractivity contribution >= 4 is 23.2 Å². The monoisotopic (exact) mass is 358 g/mol. The van der Waals surface area contributed by atoms with Crippen molar-refractivity contribution in [2.24, 2.45) is 11.7 Å². The zero-order valence-electron chi connectivity index (χ0n) is 15.6. The molecule has 2 fully saturated rings. The third kappa shape index (κ3) is 4.55. The van der Waals surface area contributed by atoms with Crippen LogP contribution in [0.1, 0.15) is 39.0 Å². The first-order valence-electron chi connectivity index (χ1n) is 9.74. The molecule has 2 saturated heterocycles. The summed E-state index contributed by atoms with van der Waals surface area (Å²) in [6.45, 7) is 5.50. The molecule has 2 heterocycles. The number of rotatable bonds is 5. The van der Waals surface area contributed by atoms with Gasteiger partial charge in [0.1, 0.15) is 0 Å². The normalized spacial score (nSPS) is 22.7. The number of primary amides is 1. The molecule has 0 unspecified atom stereocenters. The first kappa shape index (κ1) is 18.7. The Hall–Kier alpha value is -2.08. The van der Waals surface area contributed by atoms with Gasteiger partial charge in [0.2, 0.25) is 11.8 Å². The molecule has 0 bridgehead atoms. The average molecular weight is 358 g/mol. The Balaban J connectivity index is 1.56. The number of nitrogens with zero attached hydrogens (tertiary/aromatic N) is 2. The zero-order chi connectivity index (χ0) is 18.5. The predicted octanol–water partition coefficient (Wildman–Crippen LogP) is 2.20. The standard InChI is InChI=1S/C20H30N4O2/c1-15(24-13-5-6-16(14-24)19(21)25)20(26)22-17-7-9-18(10-8-17)23-11-3-2-4-12-23/h7-10,15-16H,2-6,11-14H2,1H3,(H2,21,25)(H,22,26)/t15-,16-/m1/s1. The Morgan fingerprint density at radius 3 is 2.42 bits per heavy atom. The maximum absolute atomic E-state index is 12.6. The Morgan fingerprint density at radius 1 is 1.08 bits per heavy atom. The third-order valence-electron chi connectivity index (χ3n) is 5.64. The van der Waals surface area contributed by atoms with Crippen LogP contribution in [0.5, 0.6) is 0 Å². The van der Waals surface area contributed by atoms with Gasteiger partial charge in [0, 0.05) is 31.0 Å². The van der Waals surface area contributed by atoms with Crippen molar-refractivity contribution in [3.63, 3.8) is 0 Å². The van der Waals surface area contributed by atoms with E-state index in [2.05, 4.69) is 27.2 Å². The molecule has 6 heteroatoms. The summed E-state index contributed by atoms with van der Waals surface area (Å²) >= 11 is 0. The highest BCUT2D eigenvalue weighted by Crippen LogP contribution is 2.23. The summed E-state index contributed by atoms with van der Waals surface area (Å²) < 4.78 is 0. The summed E-state index contributed by atoms with van der Waals surface area (Å²) in [6, 6.07) is 7.82. The number of benzene rings is 1. The van der Waals surface area contributed by atoms with Crippen LogP contribution in [0.2, 0.25) is 0 Å². The summed E-state index contributed by atoms with van der Waals surface area (Å²) in [5.41, 5.74) is 7.46. The molecule has 0 radical (unpaired) electrons. The van der Waals surface area contributed by atoms with Crippen LogP contribution in [-0.4, -0.2) is 48.9 Å². The highest BCUT2D eigenvalue weighted by molar-refractivity contribution is 5.94. The lowest BCUT2D eigenvalue weighted by atomic mass is 9.96. The van der Waals surface area contributed by atoms with Gasteiger partial charge in [-0.05, 0) is 69.8 Å². The van der Waals surface area contributed by atoms with Crippen molar-refractivity contribution < 1.29 is 9.59 Å². The molecule has 2 amide bonds. The number of nitrogens with one attached hydrogen (secondary N) is 1. The fourth-order valence-corrected chi connectivity index (χ4v) is 3.91. The lowest BCUT2D eigenvalue weighted by Gasteiger charge is -2.34. The minimum atomic E-state index is -0.279. The molecule has 0 spiro atoms. The van der Waals surface area contributed by atoms with Gasteiger partial charge in [0.15, 0.2) is 0 Å². The molecule has 3 rings (SSSR count). The SMILES string of the molecule is C[C@H](C(=O)Nc1ccc(N2CCCCC2)cc1)N1CCC[C@@H](C(N)=O)C1. The Kier molecular flexibility index (Phi) is 6.14. The second kappa shape index (κ2) is 8.54. The molecule has 3 N–H and O–H groups in total. The van der Waals surface area contributed by atoms with Gasteiger partial charge in [-0.15, -0.1) is 0 Å². The fourth-order valence-electron chi connectivity index (χ4n) is 3.91. The molecule has 6 nitrogen and oxygen atoms in total. The van der Waals surface area contributed by atoms with Crippen molar-refractivity contribution in [3.8, 4) is 0 Å². The summed E-state index contributed by atoms with van der Waals surface area (Å²) in [6.07, 6.45) is 5.53. The van der Waals surface area contributed by atoms with Crippen LogP contribution in [0.25, 0.3) is 0 Å². The maximum atomic E-state index is 12.6. The smallest absolute Gasteiger partial charge is 0.241 e. The summed E-state index contributed by atoms with van der Waals surface area (Å²) in [4.78, 5) is 28.5.